The molecule has 1 saturated carbocycles. The highest BCUT2D eigenvalue weighted by Gasteiger charge is 2.24. The van der Waals surface area contributed by atoms with E-state index < -0.39 is 5.97 Å². The summed E-state index contributed by atoms with van der Waals surface area (Å²) in [6.07, 6.45) is 6.62. The number of aryl methyl sites for hydroxylation is 1. The zero-order valence-corrected chi connectivity index (χ0v) is 19.5. The number of hydrogen-bond donors (Lipinski definition) is 2. The number of H-pyrrole nitrogens is 1. The molecule has 1 aliphatic rings. The van der Waals surface area contributed by atoms with Crippen LogP contribution in [0.5, 0.6) is 0 Å². The second kappa shape index (κ2) is 10.3. The molecule has 0 aliphatic heterocycles. The molecule has 1 aromatic carbocycles. The molecule has 3 rings (SSSR count). The summed E-state index contributed by atoms with van der Waals surface area (Å²) in [5, 5.41) is 3.45. The Morgan fingerprint density at radius 1 is 1.10 bits per heavy atom. The fourth-order valence-corrected chi connectivity index (χ4v) is 4.88. The number of carbonyl (C=O) groups is 2. The first kappa shape index (κ1) is 23.3. The molecule has 1 aromatic heterocycles. The van der Waals surface area contributed by atoms with Crippen molar-refractivity contribution in [3.63, 3.8) is 0 Å². The maximum Gasteiger partial charge on any atom is 0.339 e. The molecule has 1 heterocycles. The van der Waals surface area contributed by atoms with Crippen molar-refractivity contribution in [2.75, 3.05) is 13.7 Å². The van der Waals surface area contributed by atoms with Gasteiger partial charge in [0, 0.05) is 11.7 Å². The van der Waals surface area contributed by atoms with Gasteiger partial charge in [-0.2, -0.15) is 0 Å². The van der Waals surface area contributed by atoms with Gasteiger partial charge in [0.2, 0.25) is 0 Å². The Kier molecular flexibility index (Phi) is 7.71. The SMILES string of the molecule is COC(=O)c1c(C)[nH]c(C(=O)CNC(c2ccc(C3CCCCC3)cc2)C(C)C)c1C. The van der Waals surface area contributed by atoms with Crippen LogP contribution in [0.4, 0.5) is 0 Å². The molecule has 0 saturated heterocycles. The maximum atomic E-state index is 12.9. The van der Waals surface area contributed by atoms with E-state index in [9.17, 15) is 9.59 Å². The topological polar surface area (TPSA) is 71.2 Å². The smallest absolute Gasteiger partial charge is 0.339 e. The van der Waals surface area contributed by atoms with Gasteiger partial charge in [-0.1, -0.05) is 57.4 Å². The van der Waals surface area contributed by atoms with E-state index in [4.69, 9.17) is 4.74 Å². The molecule has 0 radical (unpaired) electrons. The number of methoxy groups -OCH3 is 1. The van der Waals surface area contributed by atoms with Crippen molar-refractivity contribution in [3.8, 4) is 0 Å². The van der Waals surface area contributed by atoms with E-state index in [-0.39, 0.29) is 18.4 Å². The zero-order chi connectivity index (χ0) is 22.5. The lowest BCUT2D eigenvalue weighted by atomic mass is 9.83. The molecule has 0 amide bonds. The number of carbonyl (C=O) groups excluding carboxylic acids is 2. The van der Waals surface area contributed by atoms with E-state index >= 15 is 0 Å². The van der Waals surface area contributed by atoms with Crippen LogP contribution in [-0.4, -0.2) is 30.4 Å². The number of aromatic nitrogens is 1. The van der Waals surface area contributed by atoms with E-state index in [2.05, 4.69) is 48.4 Å². The molecule has 0 bridgehead atoms. The van der Waals surface area contributed by atoms with Crippen molar-refractivity contribution in [1.29, 1.82) is 0 Å². The van der Waals surface area contributed by atoms with Crippen molar-refractivity contribution in [1.82, 2.24) is 10.3 Å². The third-order valence-electron chi connectivity index (χ3n) is 6.63. The Balaban J connectivity index is 1.70. The number of hydrogen-bond acceptors (Lipinski definition) is 4. The molecule has 1 fully saturated rings. The van der Waals surface area contributed by atoms with E-state index in [0.717, 1.165) is 0 Å². The molecule has 0 spiro atoms. The van der Waals surface area contributed by atoms with Gasteiger partial charge in [-0.25, -0.2) is 4.79 Å². The summed E-state index contributed by atoms with van der Waals surface area (Å²) in [6.45, 7) is 8.10. The minimum atomic E-state index is -0.420. The minimum Gasteiger partial charge on any atom is -0.465 e. The molecule has 1 atom stereocenters. The van der Waals surface area contributed by atoms with E-state index in [0.29, 0.717) is 34.4 Å². The van der Waals surface area contributed by atoms with Gasteiger partial charge in [-0.3, -0.25) is 4.79 Å². The highest BCUT2D eigenvalue weighted by molar-refractivity contribution is 6.02. The number of rotatable bonds is 8. The van der Waals surface area contributed by atoms with Crippen molar-refractivity contribution in [3.05, 3.63) is 57.9 Å². The summed E-state index contributed by atoms with van der Waals surface area (Å²) < 4.78 is 4.85. The molecular weight excluding hydrogens is 388 g/mol. The summed E-state index contributed by atoms with van der Waals surface area (Å²) in [5.41, 5.74) is 4.87. The number of esters is 1. The Hall–Kier alpha value is -2.40. The average molecular weight is 425 g/mol. The highest BCUT2D eigenvalue weighted by atomic mass is 16.5. The molecular formula is C26H36N2O3. The largest absolute Gasteiger partial charge is 0.465 e. The summed E-state index contributed by atoms with van der Waals surface area (Å²) in [5.74, 6) is 0.556. The normalized spacial score (nSPS) is 15.8. The lowest BCUT2D eigenvalue weighted by Crippen LogP contribution is -2.31. The summed E-state index contributed by atoms with van der Waals surface area (Å²) in [4.78, 5) is 28.0. The molecule has 2 N–H and O–H groups in total. The Labute approximate surface area is 186 Å². The standard InChI is InChI=1S/C26H36N2O3/c1-16(2)24(21-13-11-20(12-14-21)19-9-7-6-8-10-19)27-15-22(29)25-17(3)23(18(4)28-25)26(30)31-5/h11-14,16,19,24,27-28H,6-10,15H2,1-5H3. The van der Waals surface area contributed by atoms with Crippen molar-refractivity contribution >= 4 is 11.8 Å². The lowest BCUT2D eigenvalue weighted by molar-refractivity contribution is 0.0599. The van der Waals surface area contributed by atoms with Gasteiger partial charge < -0.3 is 15.0 Å². The van der Waals surface area contributed by atoms with Crippen LogP contribution < -0.4 is 5.32 Å². The molecule has 31 heavy (non-hydrogen) atoms. The van der Waals surface area contributed by atoms with Gasteiger partial charge in [0.15, 0.2) is 5.78 Å². The molecule has 2 aromatic rings. The minimum absolute atomic E-state index is 0.0553. The number of nitrogens with one attached hydrogen (secondary N) is 2. The number of benzene rings is 1. The van der Waals surface area contributed by atoms with Crippen LogP contribution in [0.15, 0.2) is 24.3 Å². The Morgan fingerprint density at radius 3 is 2.32 bits per heavy atom. The molecule has 5 heteroatoms. The number of aromatic amines is 1. The maximum absolute atomic E-state index is 12.9. The Bertz CT molecular complexity index is 905. The first-order valence-corrected chi connectivity index (χ1v) is 11.5. The molecule has 5 nitrogen and oxygen atoms in total. The van der Waals surface area contributed by atoms with Crippen molar-refractivity contribution in [2.45, 2.75) is 71.8 Å². The summed E-state index contributed by atoms with van der Waals surface area (Å²) in [6, 6.07) is 9.05. The fraction of sp³-hybridized carbons (Fsp3) is 0.538. The quantitative estimate of drug-likeness (QED) is 0.425. The highest BCUT2D eigenvalue weighted by Crippen LogP contribution is 2.33. The number of ether oxygens (including phenoxy) is 1. The second-order valence-electron chi connectivity index (χ2n) is 9.14. The Morgan fingerprint density at radius 2 is 1.74 bits per heavy atom. The predicted molar refractivity (Wildman–Crippen MR) is 124 cm³/mol. The van der Waals surface area contributed by atoms with Crippen molar-refractivity contribution < 1.29 is 14.3 Å². The summed E-state index contributed by atoms with van der Waals surface area (Å²) in [7, 11) is 1.35. The predicted octanol–water partition coefficient (Wildman–Crippen LogP) is 5.64. The third-order valence-corrected chi connectivity index (χ3v) is 6.63. The van der Waals surface area contributed by atoms with E-state index in [1.807, 2.05) is 0 Å². The van der Waals surface area contributed by atoms with Crippen LogP contribution in [0.1, 0.15) is 101 Å². The van der Waals surface area contributed by atoms with Gasteiger partial charge in [0.1, 0.15) is 0 Å². The van der Waals surface area contributed by atoms with Gasteiger partial charge in [0.25, 0.3) is 0 Å². The van der Waals surface area contributed by atoms with Gasteiger partial charge >= 0.3 is 5.97 Å². The van der Waals surface area contributed by atoms with E-state index in [1.54, 1.807) is 13.8 Å². The summed E-state index contributed by atoms with van der Waals surface area (Å²) >= 11 is 0. The molecule has 168 valence electrons. The fourth-order valence-electron chi connectivity index (χ4n) is 4.88. The zero-order valence-electron chi connectivity index (χ0n) is 19.5. The van der Waals surface area contributed by atoms with Gasteiger partial charge in [0.05, 0.1) is 24.9 Å². The van der Waals surface area contributed by atoms with Crippen LogP contribution in [-0.2, 0) is 4.74 Å². The van der Waals surface area contributed by atoms with E-state index in [1.165, 1.54) is 50.3 Å². The number of Topliss-reactive ketones (excluding diaryl/α,β-unsaturated/α-hetero) is 1. The second-order valence-corrected chi connectivity index (χ2v) is 9.14. The third kappa shape index (κ3) is 5.27. The van der Waals surface area contributed by atoms with Gasteiger partial charge in [-0.15, -0.1) is 0 Å². The molecule has 1 unspecified atom stereocenters. The first-order chi connectivity index (χ1) is 14.8. The lowest BCUT2D eigenvalue weighted by Gasteiger charge is -2.25. The van der Waals surface area contributed by atoms with Gasteiger partial charge in [-0.05, 0) is 55.2 Å². The van der Waals surface area contributed by atoms with Crippen LogP contribution in [0.3, 0.4) is 0 Å². The van der Waals surface area contributed by atoms with Crippen LogP contribution in [0, 0.1) is 19.8 Å². The monoisotopic (exact) mass is 424 g/mol. The van der Waals surface area contributed by atoms with Crippen LogP contribution in [0.25, 0.3) is 0 Å². The van der Waals surface area contributed by atoms with Crippen LogP contribution >= 0.6 is 0 Å². The molecule has 1 aliphatic carbocycles. The number of ketones is 1. The first-order valence-electron chi connectivity index (χ1n) is 11.5. The van der Waals surface area contributed by atoms with Crippen molar-refractivity contribution in [2.24, 2.45) is 5.92 Å². The van der Waals surface area contributed by atoms with Crippen LogP contribution in [0.2, 0.25) is 0 Å². The average Bonchev–Trinajstić information content (AvgIpc) is 3.08.